The third-order valence-electron chi connectivity index (χ3n) is 2.98. The summed E-state index contributed by atoms with van der Waals surface area (Å²) in [5, 5.41) is 19.0. The van der Waals surface area contributed by atoms with Crippen molar-refractivity contribution in [1.29, 1.82) is 0 Å². The Morgan fingerprint density at radius 2 is 2.00 bits per heavy atom. The van der Waals surface area contributed by atoms with Gasteiger partial charge in [-0.05, 0) is 23.8 Å². The predicted molar refractivity (Wildman–Crippen MR) is 68.0 cm³/mol. The zero-order valence-electron chi connectivity index (χ0n) is 9.64. The van der Waals surface area contributed by atoms with Crippen molar-refractivity contribution in [3.8, 4) is 5.75 Å². The number of methoxy groups -OCH3 is 1. The van der Waals surface area contributed by atoms with Crippen molar-refractivity contribution in [2.24, 2.45) is 0 Å². The average Bonchev–Trinajstić information content (AvgIpc) is 2.61. The first-order valence-electron chi connectivity index (χ1n) is 5.51. The van der Waals surface area contributed by atoms with E-state index < -0.39 is 12.2 Å². The number of hydrogen-bond donors (Lipinski definition) is 2. The average molecular weight is 302 g/mol. The first kappa shape index (κ1) is 12.8. The minimum atomic E-state index is -0.639. The predicted octanol–water partition coefficient (Wildman–Crippen LogP) is 0.995. The third-order valence-corrected chi connectivity index (χ3v) is 3.76. The summed E-state index contributed by atoms with van der Waals surface area (Å²) in [5.41, 5.74) is 1.09. The van der Waals surface area contributed by atoms with Gasteiger partial charge >= 0.3 is 0 Å². The number of aliphatic hydroxyl groups is 2. The Morgan fingerprint density at radius 3 is 2.59 bits per heavy atom. The Labute approximate surface area is 109 Å². The van der Waals surface area contributed by atoms with Crippen molar-refractivity contribution in [2.45, 2.75) is 18.8 Å². The van der Waals surface area contributed by atoms with E-state index in [1.54, 1.807) is 7.11 Å². The van der Waals surface area contributed by atoms with Gasteiger partial charge in [-0.2, -0.15) is 0 Å². The molecule has 0 amide bonds. The van der Waals surface area contributed by atoms with Crippen molar-refractivity contribution in [3.05, 3.63) is 28.2 Å². The van der Waals surface area contributed by atoms with Crippen LogP contribution in [-0.2, 0) is 6.54 Å². The van der Waals surface area contributed by atoms with E-state index in [0.717, 1.165) is 15.8 Å². The Balaban J connectivity index is 2.08. The van der Waals surface area contributed by atoms with Gasteiger partial charge in [0.05, 0.1) is 19.3 Å². The summed E-state index contributed by atoms with van der Waals surface area (Å²) in [4.78, 5) is 2.02. The fourth-order valence-electron chi connectivity index (χ4n) is 2.02. The normalized spacial score (nSPS) is 25.2. The van der Waals surface area contributed by atoms with Gasteiger partial charge in [-0.1, -0.05) is 15.9 Å². The molecule has 0 aliphatic carbocycles. The molecular formula is C12H16BrNO3. The molecule has 0 bridgehead atoms. The molecule has 4 nitrogen and oxygen atoms in total. The maximum Gasteiger partial charge on any atom is 0.119 e. The highest BCUT2D eigenvalue weighted by atomic mass is 79.9. The van der Waals surface area contributed by atoms with Crippen molar-refractivity contribution < 1.29 is 14.9 Å². The number of halogens is 1. The molecule has 1 aromatic rings. The number of rotatable bonds is 3. The van der Waals surface area contributed by atoms with E-state index >= 15 is 0 Å². The largest absolute Gasteiger partial charge is 0.497 e. The first-order valence-corrected chi connectivity index (χ1v) is 6.30. The molecule has 0 spiro atoms. The van der Waals surface area contributed by atoms with Gasteiger partial charge in [-0.3, -0.25) is 4.90 Å². The first-order chi connectivity index (χ1) is 8.10. The third kappa shape index (κ3) is 2.98. The van der Waals surface area contributed by atoms with Crippen LogP contribution in [0.15, 0.2) is 22.7 Å². The highest BCUT2D eigenvalue weighted by Gasteiger charge is 2.29. The molecule has 1 aliphatic rings. The van der Waals surface area contributed by atoms with Gasteiger partial charge in [-0.25, -0.2) is 0 Å². The molecule has 1 saturated heterocycles. The summed E-state index contributed by atoms with van der Waals surface area (Å²) >= 11 is 3.49. The van der Waals surface area contributed by atoms with Crippen LogP contribution < -0.4 is 4.74 Å². The van der Waals surface area contributed by atoms with Crippen LogP contribution in [0.25, 0.3) is 0 Å². The van der Waals surface area contributed by atoms with Crippen LogP contribution in [0.5, 0.6) is 5.75 Å². The standard InChI is InChI=1S/C12H16BrNO3/c1-17-9-2-3-10(13)8(4-9)5-14-6-11(15)12(16)7-14/h2-4,11-12,15-16H,5-7H2,1H3/t11-,12+. The second-order valence-corrected chi connectivity index (χ2v) is 5.14. The molecule has 17 heavy (non-hydrogen) atoms. The Hall–Kier alpha value is -0.620. The van der Waals surface area contributed by atoms with E-state index in [1.807, 2.05) is 23.1 Å². The lowest BCUT2D eigenvalue weighted by atomic mass is 10.2. The zero-order valence-corrected chi connectivity index (χ0v) is 11.2. The van der Waals surface area contributed by atoms with Gasteiger partial charge in [-0.15, -0.1) is 0 Å². The van der Waals surface area contributed by atoms with E-state index in [9.17, 15) is 10.2 Å². The van der Waals surface area contributed by atoms with Crippen molar-refractivity contribution in [1.82, 2.24) is 4.90 Å². The van der Waals surface area contributed by atoms with Gasteiger partial charge in [0.25, 0.3) is 0 Å². The van der Waals surface area contributed by atoms with Gasteiger partial charge in [0.2, 0.25) is 0 Å². The SMILES string of the molecule is COc1ccc(Br)c(CN2C[C@@H](O)[C@@H](O)C2)c1. The van der Waals surface area contributed by atoms with Crippen molar-refractivity contribution in [3.63, 3.8) is 0 Å². The van der Waals surface area contributed by atoms with Gasteiger partial charge < -0.3 is 14.9 Å². The highest BCUT2D eigenvalue weighted by Crippen LogP contribution is 2.25. The quantitative estimate of drug-likeness (QED) is 0.874. The molecule has 1 fully saturated rings. The lowest BCUT2D eigenvalue weighted by Crippen LogP contribution is -2.22. The minimum absolute atomic E-state index is 0.505. The molecule has 1 heterocycles. The maximum atomic E-state index is 9.49. The summed E-state index contributed by atoms with van der Waals surface area (Å²) in [5.74, 6) is 0.809. The van der Waals surface area contributed by atoms with Crippen LogP contribution in [0, 0.1) is 0 Å². The Kier molecular flexibility index (Phi) is 4.04. The molecule has 0 unspecified atom stereocenters. The number of ether oxygens (including phenoxy) is 1. The van der Waals surface area contributed by atoms with Gasteiger partial charge in [0.15, 0.2) is 0 Å². The second-order valence-electron chi connectivity index (χ2n) is 4.29. The molecule has 0 aromatic heterocycles. The van der Waals surface area contributed by atoms with Crippen LogP contribution in [0.4, 0.5) is 0 Å². The van der Waals surface area contributed by atoms with E-state index in [4.69, 9.17) is 4.74 Å². The molecular weight excluding hydrogens is 286 g/mol. The summed E-state index contributed by atoms with van der Waals surface area (Å²) in [6.07, 6.45) is -1.28. The summed E-state index contributed by atoms with van der Waals surface area (Å²) < 4.78 is 6.19. The number of β-amino-alcohol motifs (C(OH)–C–C–N with tert-alkyl or cyclic N) is 2. The smallest absolute Gasteiger partial charge is 0.119 e. The van der Waals surface area contributed by atoms with E-state index in [2.05, 4.69) is 15.9 Å². The molecule has 94 valence electrons. The second kappa shape index (κ2) is 5.35. The van der Waals surface area contributed by atoms with Crippen molar-refractivity contribution >= 4 is 15.9 Å². The fraction of sp³-hybridized carbons (Fsp3) is 0.500. The summed E-state index contributed by atoms with van der Waals surface area (Å²) in [7, 11) is 1.64. The highest BCUT2D eigenvalue weighted by molar-refractivity contribution is 9.10. The molecule has 2 N–H and O–H groups in total. The molecule has 2 atom stereocenters. The minimum Gasteiger partial charge on any atom is -0.497 e. The van der Waals surface area contributed by atoms with Gasteiger partial charge in [0.1, 0.15) is 5.75 Å². The monoisotopic (exact) mass is 301 g/mol. The number of benzene rings is 1. The Bertz CT molecular complexity index is 389. The number of likely N-dealkylation sites (tertiary alicyclic amines) is 1. The van der Waals surface area contributed by atoms with Crippen LogP contribution in [0.3, 0.4) is 0 Å². The van der Waals surface area contributed by atoms with E-state index in [-0.39, 0.29) is 0 Å². The summed E-state index contributed by atoms with van der Waals surface area (Å²) in [6.45, 7) is 1.70. The molecule has 0 saturated carbocycles. The molecule has 1 aliphatic heterocycles. The van der Waals surface area contributed by atoms with Crippen LogP contribution >= 0.6 is 15.9 Å². The molecule has 2 rings (SSSR count). The number of nitrogens with zero attached hydrogens (tertiary/aromatic N) is 1. The summed E-state index contributed by atoms with van der Waals surface area (Å²) in [6, 6.07) is 5.79. The maximum absolute atomic E-state index is 9.49. The number of aliphatic hydroxyl groups excluding tert-OH is 2. The lowest BCUT2D eigenvalue weighted by molar-refractivity contribution is 0.0572. The number of hydrogen-bond acceptors (Lipinski definition) is 4. The van der Waals surface area contributed by atoms with Crippen molar-refractivity contribution in [2.75, 3.05) is 20.2 Å². The van der Waals surface area contributed by atoms with Crippen LogP contribution in [0.2, 0.25) is 0 Å². The zero-order chi connectivity index (χ0) is 12.4. The topological polar surface area (TPSA) is 52.9 Å². The van der Waals surface area contributed by atoms with Crippen LogP contribution in [-0.4, -0.2) is 47.5 Å². The molecule has 1 aromatic carbocycles. The molecule has 0 radical (unpaired) electrons. The fourth-order valence-corrected chi connectivity index (χ4v) is 2.39. The van der Waals surface area contributed by atoms with Gasteiger partial charge in [0, 0.05) is 24.1 Å². The Morgan fingerprint density at radius 1 is 1.35 bits per heavy atom. The lowest BCUT2D eigenvalue weighted by Gasteiger charge is -2.16. The van der Waals surface area contributed by atoms with E-state index in [0.29, 0.717) is 19.6 Å². The van der Waals surface area contributed by atoms with E-state index in [1.165, 1.54) is 0 Å². The molecule has 5 heteroatoms. The van der Waals surface area contributed by atoms with Crippen LogP contribution in [0.1, 0.15) is 5.56 Å².